The summed E-state index contributed by atoms with van der Waals surface area (Å²) >= 11 is 0. The number of benzene rings is 2. The highest BCUT2D eigenvalue weighted by Gasteiger charge is 2.20. The number of aromatic nitrogens is 4. The predicted molar refractivity (Wildman–Crippen MR) is 101 cm³/mol. The van der Waals surface area contributed by atoms with Gasteiger partial charge in [0.2, 0.25) is 0 Å². The van der Waals surface area contributed by atoms with Gasteiger partial charge in [0.25, 0.3) is 0 Å². The molecular formula is C19H17N5O. The smallest absolute Gasteiger partial charge is 0.200 e. The second-order valence-electron chi connectivity index (χ2n) is 6.23. The zero-order valence-electron chi connectivity index (χ0n) is 14.1. The first-order valence-corrected chi connectivity index (χ1v) is 8.50. The maximum atomic E-state index is 13.6. The zero-order chi connectivity index (χ0) is 17.1. The molecule has 6 nitrogen and oxygen atoms in total. The molecule has 0 saturated heterocycles. The molecule has 5 aromatic rings. The third-order valence-electron chi connectivity index (χ3n) is 5.11. The van der Waals surface area contributed by atoms with Crippen LogP contribution in [0.1, 0.15) is 13.8 Å². The summed E-state index contributed by atoms with van der Waals surface area (Å²) in [4.78, 5) is 20.3. The molecule has 0 atom stereocenters. The highest BCUT2D eigenvalue weighted by atomic mass is 16.1. The molecule has 6 heteroatoms. The van der Waals surface area contributed by atoms with E-state index in [0.29, 0.717) is 5.39 Å². The summed E-state index contributed by atoms with van der Waals surface area (Å²) in [5.41, 5.74) is 4.48. The van der Waals surface area contributed by atoms with Crippen LogP contribution in [-0.4, -0.2) is 32.7 Å². The van der Waals surface area contributed by atoms with Gasteiger partial charge in [0.05, 0.1) is 44.7 Å². The fourth-order valence-electron chi connectivity index (χ4n) is 3.90. The van der Waals surface area contributed by atoms with Gasteiger partial charge in [0.15, 0.2) is 5.43 Å². The molecule has 0 bridgehead atoms. The van der Waals surface area contributed by atoms with Crippen molar-refractivity contribution in [3.8, 4) is 0 Å². The van der Waals surface area contributed by atoms with E-state index in [2.05, 4.69) is 33.9 Å². The number of aromatic amines is 1. The number of imidazole rings is 1. The van der Waals surface area contributed by atoms with Crippen LogP contribution in [-0.2, 0) is 0 Å². The Bertz CT molecular complexity index is 1300. The first kappa shape index (κ1) is 14.2. The van der Waals surface area contributed by atoms with Crippen molar-refractivity contribution in [3.63, 3.8) is 0 Å². The number of H-pyrrole nitrogens is 1. The SMILES string of the molecule is CCN(CC)c1ccc2ncn3c4ccc5[nH]ncc5c4c(=O)c1c23. The molecule has 3 aromatic heterocycles. The van der Waals surface area contributed by atoms with Crippen molar-refractivity contribution >= 4 is 43.9 Å². The summed E-state index contributed by atoms with van der Waals surface area (Å²) in [6.07, 6.45) is 3.53. The molecule has 0 aliphatic carbocycles. The Morgan fingerprint density at radius 2 is 1.96 bits per heavy atom. The quantitative estimate of drug-likeness (QED) is 0.516. The molecule has 0 fully saturated rings. The van der Waals surface area contributed by atoms with Crippen LogP contribution in [0, 0.1) is 0 Å². The Morgan fingerprint density at radius 3 is 2.76 bits per heavy atom. The summed E-state index contributed by atoms with van der Waals surface area (Å²) in [5, 5.41) is 9.35. The number of hydrogen-bond donors (Lipinski definition) is 1. The average Bonchev–Trinajstić information content (AvgIpc) is 3.27. The fraction of sp³-hybridized carbons (Fsp3) is 0.211. The maximum absolute atomic E-state index is 13.6. The van der Waals surface area contributed by atoms with Gasteiger partial charge in [-0.2, -0.15) is 5.10 Å². The summed E-state index contributed by atoms with van der Waals surface area (Å²) in [7, 11) is 0. The van der Waals surface area contributed by atoms with Gasteiger partial charge in [-0.1, -0.05) is 0 Å². The molecule has 2 aromatic carbocycles. The van der Waals surface area contributed by atoms with Gasteiger partial charge < -0.3 is 4.90 Å². The van der Waals surface area contributed by atoms with Crippen LogP contribution in [0.3, 0.4) is 0 Å². The Labute approximate surface area is 143 Å². The van der Waals surface area contributed by atoms with Crippen molar-refractivity contribution in [2.24, 2.45) is 0 Å². The monoisotopic (exact) mass is 331 g/mol. The van der Waals surface area contributed by atoms with Gasteiger partial charge in [-0.15, -0.1) is 0 Å². The van der Waals surface area contributed by atoms with Crippen LogP contribution < -0.4 is 10.3 Å². The number of pyridine rings is 1. The van der Waals surface area contributed by atoms with Crippen LogP contribution in [0.4, 0.5) is 5.69 Å². The molecule has 0 saturated carbocycles. The van der Waals surface area contributed by atoms with Crippen molar-refractivity contribution in [2.45, 2.75) is 13.8 Å². The highest BCUT2D eigenvalue weighted by Crippen LogP contribution is 2.32. The topological polar surface area (TPSA) is 66.3 Å². The van der Waals surface area contributed by atoms with Gasteiger partial charge in [-0.25, -0.2) is 4.98 Å². The number of nitrogens with zero attached hydrogens (tertiary/aromatic N) is 4. The van der Waals surface area contributed by atoms with Crippen molar-refractivity contribution in [2.75, 3.05) is 18.0 Å². The van der Waals surface area contributed by atoms with Crippen LogP contribution in [0.15, 0.2) is 41.6 Å². The predicted octanol–water partition coefficient (Wildman–Crippen LogP) is 3.16. The minimum atomic E-state index is 0.0440. The minimum Gasteiger partial charge on any atom is -0.371 e. The lowest BCUT2D eigenvalue weighted by Crippen LogP contribution is -2.24. The molecular weight excluding hydrogens is 314 g/mol. The number of rotatable bonds is 3. The Balaban J connectivity index is 2.10. The van der Waals surface area contributed by atoms with E-state index in [-0.39, 0.29) is 5.43 Å². The molecule has 5 rings (SSSR count). The van der Waals surface area contributed by atoms with E-state index in [1.165, 1.54) is 0 Å². The molecule has 0 aliphatic heterocycles. The number of nitrogens with one attached hydrogen (secondary N) is 1. The lowest BCUT2D eigenvalue weighted by atomic mass is 10.0. The summed E-state index contributed by atoms with van der Waals surface area (Å²) in [5.74, 6) is 0. The normalized spacial score (nSPS) is 12.1. The lowest BCUT2D eigenvalue weighted by molar-refractivity contribution is 0.870. The fourth-order valence-corrected chi connectivity index (χ4v) is 3.90. The van der Waals surface area contributed by atoms with Crippen LogP contribution in [0.5, 0.6) is 0 Å². The van der Waals surface area contributed by atoms with Crippen molar-refractivity contribution in [1.82, 2.24) is 19.6 Å². The minimum absolute atomic E-state index is 0.0440. The van der Waals surface area contributed by atoms with Crippen molar-refractivity contribution in [1.29, 1.82) is 0 Å². The number of fused-ring (bicyclic) bond motifs is 4. The second kappa shape index (κ2) is 4.92. The largest absolute Gasteiger partial charge is 0.371 e. The lowest BCUT2D eigenvalue weighted by Gasteiger charge is -2.22. The Morgan fingerprint density at radius 1 is 1.12 bits per heavy atom. The molecule has 3 heterocycles. The molecule has 0 spiro atoms. The molecule has 0 unspecified atom stereocenters. The molecule has 0 aliphatic rings. The molecule has 25 heavy (non-hydrogen) atoms. The summed E-state index contributed by atoms with van der Waals surface area (Å²) < 4.78 is 2.03. The maximum Gasteiger partial charge on any atom is 0.200 e. The average molecular weight is 331 g/mol. The highest BCUT2D eigenvalue weighted by molar-refractivity contribution is 6.13. The first-order valence-electron chi connectivity index (χ1n) is 8.50. The summed E-state index contributed by atoms with van der Waals surface area (Å²) in [6, 6.07) is 7.93. The molecule has 0 amide bonds. The van der Waals surface area contributed by atoms with E-state index in [4.69, 9.17) is 0 Å². The van der Waals surface area contributed by atoms with E-state index in [1.54, 1.807) is 12.5 Å². The van der Waals surface area contributed by atoms with Crippen LogP contribution >= 0.6 is 0 Å². The van der Waals surface area contributed by atoms with Gasteiger partial charge in [-0.3, -0.25) is 14.3 Å². The van der Waals surface area contributed by atoms with E-state index in [9.17, 15) is 4.79 Å². The van der Waals surface area contributed by atoms with Gasteiger partial charge in [-0.05, 0) is 38.1 Å². The molecule has 0 radical (unpaired) electrons. The zero-order valence-corrected chi connectivity index (χ0v) is 14.1. The van der Waals surface area contributed by atoms with E-state index >= 15 is 0 Å². The Hall–Kier alpha value is -3.15. The standard InChI is InChI=1S/C19H17N5O/c1-3-23(4-2)14-7-6-13-18-17(14)19(25)16-11-9-21-22-12(11)5-8-15(16)24(18)10-20-13/h5-10H,3-4H2,1-2H3,(H,21,22). The third-order valence-corrected chi connectivity index (χ3v) is 5.11. The van der Waals surface area contributed by atoms with Crippen LogP contribution in [0.2, 0.25) is 0 Å². The number of anilines is 1. The first-order chi connectivity index (χ1) is 12.2. The van der Waals surface area contributed by atoms with Gasteiger partial charge in [0, 0.05) is 18.5 Å². The Kier molecular flexibility index (Phi) is 2.80. The van der Waals surface area contributed by atoms with Gasteiger partial charge >= 0.3 is 0 Å². The van der Waals surface area contributed by atoms with Gasteiger partial charge in [0.1, 0.15) is 6.33 Å². The van der Waals surface area contributed by atoms with Crippen molar-refractivity contribution in [3.05, 3.63) is 47.0 Å². The van der Waals surface area contributed by atoms with Crippen LogP contribution in [0.25, 0.3) is 38.2 Å². The third kappa shape index (κ3) is 1.71. The van der Waals surface area contributed by atoms with E-state index in [0.717, 1.165) is 51.6 Å². The molecule has 124 valence electrons. The van der Waals surface area contributed by atoms with E-state index < -0.39 is 0 Å². The second-order valence-corrected chi connectivity index (χ2v) is 6.23. The summed E-state index contributed by atoms with van der Waals surface area (Å²) in [6.45, 7) is 5.90. The van der Waals surface area contributed by atoms with E-state index in [1.807, 2.05) is 28.7 Å². The number of hydrogen-bond acceptors (Lipinski definition) is 4. The van der Waals surface area contributed by atoms with Crippen molar-refractivity contribution < 1.29 is 0 Å². The molecule has 1 N–H and O–H groups in total.